The van der Waals surface area contributed by atoms with Crippen LogP contribution in [0.1, 0.15) is 37.4 Å². The lowest BCUT2D eigenvalue weighted by Gasteiger charge is -2.20. The predicted octanol–water partition coefficient (Wildman–Crippen LogP) is 4.68. The third-order valence-electron chi connectivity index (χ3n) is 6.20. The minimum atomic E-state index is -0.970. The molecule has 0 bridgehead atoms. The van der Waals surface area contributed by atoms with Crippen LogP contribution < -0.4 is 20.3 Å². The van der Waals surface area contributed by atoms with Gasteiger partial charge in [-0.3, -0.25) is 9.78 Å². The first-order chi connectivity index (χ1) is 16.4. The van der Waals surface area contributed by atoms with Gasteiger partial charge in [-0.2, -0.15) is 0 Å². The van der Waals surface area contributed by atoms with Crippen molar-refractivity contribution in [1.29, 1.82) is 5.41 Å². The van der Waals surface area contributed by atoms with Crippen LogP contribution in [0.2, 0.25) is 0 Å². The number of pyridine rings is 2. The first kappa shape index (κ1) is 23.4. The van der Waals surface area contributed by atoms with Crippen LogP contribution in [-0.2, 0) is 0 Å². The molecule has 0 radical (unpaired) electrons. The van der Waals surface area contributed by atoms with E-state index in [2.05, 4.69) is 10.3 Å². The number of allylic oxidation sites excluding steroid dienone is 1. The highest BCUT2D eigenvalue weighted by Gasteiger charge is 2.27. The van der Waals surface area contributed by atoms with Crippen LogP contribution in [0.3, 0.4) is 0 Å². The summed E-state index contributed by atoms with van der Waals surface area (Å²) in [6.07, 6.45) is 7.85. The van der Waals surface area contributed by atoms with Crippen molar-refractivity contribution in [2.24, 2.45) is 0 Å². The Kier molecular flexibility index (Phi) is 6.63. The van der Waals surface area contributed by atoms with Crippen molar-refractivity contribution in [3.05, 3.63) is 58.3 Å². The number of nitrogens with zero attached hydrogens (tertiary/aromatic N) is 2. The van der Waals surface area contributed by atoms with Crippen molar-refractivity contribution in [2.75, 3.05) is 21.3 Å². The molecule has 1 fully saturated rings. The molecule has 1 aliphatic rings. The smallest absolute Gasteiger partial charge is 0.259 e. The Hall–Kier alpha value is -3.75. The number of nitrogens with one attached hydrogen (secondary N) is 2. The second-order valence-electron chi connectivity index (χ2n) is 8.12. The normalized spacial score (nSPS) is 14.4. The first-order valence-electron chi connectivity index (χ1n) is 11.0. The highest BCUT2D eigenvalue weighted by Crippen LogP contribution is 2.38. The summed E-state index contributed by atoms with van der Waals surface area (Å²) in [5.41, 5.74) is 0.530. The largest absolute Gasteiger partial charge is 0.494 e. The fourth-order valence-electron chi connectivity index (χ4n) is 4.56. The van der Waals surface area contributed by atoms with Crippen molar-refractivity contribution in [2.45, 2.75) is 31.7 Å². The molecule has 2 heterocycles. The zero-order chi connectivity index (χ0) is 24.4. The lowest BCUT2D eigenvalue weighted by Crippen LogP contribution is -2.26. The van der Waals surface area contributed by atoms with Crippen molar-refractivity contribution in [1.82, 2.24) is 14.9 Å². The molecule has 1 aliphatic carbocycles. The van der Waals surface area contributed by atoms with Crippen molar-refractivity contribution >= 4 is 22.7 Å². The van der Waals surface area contributed by atoms with Crippen LogP contribution in [0.4, 0.5) is 8.78 Å². The Morgan fingerprint density at radius 2 is 1.79 bits per heavy atom. The quantitative estimate of drug-likeness (QED) is 0.492. The summed E-state index contributed by atoms with van der Waals surface area (Å²) in [4.78, 5) is 18.2. The van der Waals surface area contributed by atoms with Crippen LogP contribution in [-0.4, -0.2) is 37.0 Å². The average molecular weight is 469 g/mol. The molecule has 1 aromatic carbocycles. The van der Waals surface area contributed by atoms with Gasteiger partial charge in [-0.05, 0) is 25.0 Å². The molecule has 0 unspecified atom stereocenters. The van der Waals surface area contributed by atoms with E-state index in [4.69, 9.17) is 14.9 Å². The van der Waals surface area contributed by atoms with Gasteiger partial charge in [0.15, 0.2) is 23.1 Å². The molecule has 4 rings (SSSR count). The molecule has 0 spiro atoms. The molecular weight excluding hydrogens is 442 g/mol. The summed E-state index contributed by atoms with van der Waals surface area (Å²) < 4.78 is 42.3. The third-order valence-corrected chi connectivity index (χ3v) is 6.20. The van der Waals surface area contributed by atoms with Crippen LogP contribution in [0.25, 0.3) is 27.6 Å². The molecule has 7 nitrogen and oxygen atoms in total. The summed E-state index contributed by atoms with van der Waals surface area (Å²) in [5, 5.41) is 11.1. The molecule has 1 saturated carbocycles. The number of halogens is 2. The van der Waals surface area contributed by atoms with Crippen LogP contribution in [0, 0.1) is 17.0 Å². The van der Waals surface area contributed by atoms with E-state index in [0.29, 0.717) is 22.2 Å². The number of ether oxygens (including phenoxy) is 2. The van der Waals surface area contributed by atoms with Crippen molar-refractivity contribution in [3.8, 4) is 22.6 Å². The van der Waals surface area contributed by atoms with Crippen molar-refractivity contribution < 1.29 is 18.3 Å². The van der Waals surface area contributed by atoms with E-state index in [0.717, 1.165) is 31.7 Å². The molecular formula is C25H26F2N4O3. The van der Waals surface area contributed by atoms with E-state index in [9.17, 15) is 4.79 Å². The predicted molar refractivity (Wildman–Crippen MR) is 128 cm³/mol. The Balaban J connectivity index is 2.07. The number of hydrogen-bond donors (Lipinski definition) is 2. The zero-order valence-electron chi connectivity index (χ0n) is 19.2. The minimum Gasteiger partial charge on any atom is -0.494 e. The SMILES string of the molecule is CN/C=C(\C=N)c1cc2c(cn1)cc(-c1c(F)c(OC)cc(OC)c1F)c(=O)n2C1CCCC1. The zero-order valence-corrected chi connectivity index (χ0v) is 19.2. The summed E-state index contributed by atoms with van der Waals surface area (Å²) in [7, 11) is 4.25. The van der Waals surface area contributed by atoms with E-state index in [-0.39, 0.29) is 23.1 Å². The molecule has 34 heavy (non-hydrogen) atoms. The van der Waals surface area contributed by atoms with Crippen molar-refractivity contribution in [3.63, 3.8) is 0 Å². The molecule has 0 aliphatic heterocycles. The second-order valence-corrected chi connectivity index (χ2v) is 8.12. The maximum absolute atomic E-state index is 15.3. The number of aromatic nitrogens is 2. The topological polar surface area (TPSA) is 89.2 Å². The highest BCUT2D eigenvalue weighted by molar-refractivity contribution is 6.08. The molecule has 0 amide bonds. The first-order valence-corrected chi connectivity index (χ1v) is 11.0. The molecule has 2 aromatic heterocycles. The van der Waals surface area contributed by atoms with Gasteiger partial charge in [0.1, 0.15) is 0 Å². The van der Waals surface area contributed by atoms with Gasteiger partial charge < -0.3 is 24.8 Å². The monoisotopic (exact) mass is 468 g/mol. The average Bonchev–Trinajstić information content (AvgIpc) is 3.37. The van der Waals surface area contributed by atoms with E-state index in [1.54, 1.807) is 30.1 Å². The van der Waals surface area contributed by atoms with E-state index < -0.39 is 22.8 Å². The standard InChI is InChI=1S/C25H26F2N4O3/c1-29-12-15(11-28)18-9-19-14(13-30-18)8-17(25(32)31(19)16-6-4-5-7-16)22-23(26)20(33-2)10-21(34-3)24(22)27/h8-13,16,28-29H,4-7H2,1-3H3/b15-12+,28-11?. The molecule has 2 N–H and O–H groups in total. The fourth-order valence-corrected chi connectivity index (χ4v) is 4.56. The number of rotatable bonds is 7. The lowest BCUT2D eigenvalue weighted by atomic mass is 10.0. The fraction of sp³-hybridized carbons (Fsp3) is 0.320. The van der Waals surface area contributed by atoms with E-state index in [1.165, 1.54) is 26.5 Å². The summed E-state index contributed by atoms with van der Waals surface area (Å²) in [6, 6.07) is 4.20. The Morgan fingerprint density at radius 1 is 1.15 bits per heavy atom. The van der Waals surface area contributed by atoms with Crippen LogP contribution in [0.5, 0.6) is 11.5 Å². The Morgan fingerprint density at radius 3 is 2.35 bits per heavy atom. The van der Waals surface area contributed by atoms with Crippen LogP contribution >= 0.6 is 0 Å². The van der Waals surface area contributed by atoms with E-state index in [1.807, 2.05) is 0 Å². The summed E-state index contributed by atoms with van der Waals surface area (Å²) >= 11 is 0. The maximum atomic E-state index is 15.3. The lowest BCUT2D eigenvalue weighted by molar-refractivity contribution is 0.359. The van der Waals surface area contributed by atoms with Gasteiger partial charge in [0.25, 0.3) is 5.56 Å². The number of benzene rings is 1. The summed E-state index contributed by atoms with van der Waals surface area (Å²) in [6.45, 7) is 0. The second kappa shape index (κ2) is 9.62. The van der Waals surface area contributed by atoms with Gasteiger partial charge in [-0.25, -0.2) is 8.78 Å². The molecule has 3 aromatic rings. The highest BCUT2D eigenvalue weighted by atomic mass is 19.1. The van der Waals surface area contributed by atoms with Gasteiger partial charge in [0.05, 0.1) is 36.6 Å². The Bertz CT molecular complexity index is 1320. The van der Waals surface area contributed by atoms with Gasteiger partial charge in [0, 0.05) is 48.7 Å². The number of hydrogen-bond acceptors (Lipinski definition) is 6. The molecule has 0 atom stereocenters. The van der Waals surface area contributed by atoms with Gasteiger partial charge in [-0.15, -0.1) is 0 Å². The third kappa shape index (κ3) is 3.91. The Labute approximate surface area is 195 Å². The van der Waals surface area contributed by atoms with E-state index >= 15 is 8.78 Å². The minimum absolute atomic E-state index is 0.111. The molecule has 9 heteroatoms. The van der Waals surface area contributed by atoms with Crippen LogP contribution in [0.15, 0.2) is 35.4 Å². The maximum Gasteiger partial charge on any atom is 0.259 e. The van der Waals surface area contributed by atoms with Gasteiger partial charge in [0.2, 0.25) is 0 Å². The number of methoxy groups -OCH3 is 2. The number of fused-ring (bicyclic) bond motifs is 1. The summed E-state index contributed by atoms with van der Waals surface area (Å²) in [5.74, 6) is -2.38. The molecule has 178 valence electrons. The molecule has 0 saturated heterocycles. The van der Waals surface area contributed by atoms with Gasteiger partial charge >= 0.3 is 0 Å². The van der Waals surface area contributed by atoms with Gasteiger partial charge in [-0.1, -0.05) is 12.8 Å².